The molecular weight excluding hydrogens is 318 g/mol. The van der Waals surface area contributed by atoms with E-state index in [1.807, 2.05) is 43.5 Å². The van der Waals surface area contributed by atoms with E-state index in [0.717, 1.165) is 28.1 Å². The molecule has 5 heteroatoms. The maximum absolute atomic E-state index is 12.4. The summed E-state index contributed by atoms with van der Waals surface area (Å²) < 4.78 is 7.24. The second kappa shape index (κ2) is 8.01. The lowest BCUT2D eigenvalue weighted by molar-refractivity contribution is -0.137. The maximum Gasteiger partial charge on any atom is 0.340 e. The number of esters is 1. The summed E-state index contributed by atoms with van der Waals surface area (Å²) in [7, 11) is 0. The number of nitrogens with zero attached hydrogens (tertiary/aromatic N) is 1. The number of hydrogen-bond acceptors (Lipinski definition) is 3. The molecule has 0 fully saturated rings. The second-order valence-corrected chi connectivity index (χ2v) is 6.16. The number of aryl methyl sites for hydroxylation is 1. The molecule has 5 nitrogen and oxygen atoms in total. The average Bonchev–Trinajstić information content (AvgIpc) is 2.78. The molecule has 0 radical (unpaired) electrons. The molecule has 2 rings (SSSR count). The van der Waals surface area contributed by atoms with Crippen LogP contribution in [0.25, 0.3) is 0 Å². The molecule has 0 aliphatic heterocycles. The van der Waals surface area contributed by atoms with Crippen LogP contribution in [0.3, 0.4) is 0 Å². The lowest BCUT2D eigenvalue weighted by Crippen LogP contribution is -2.10. The lowest BCUT2D eigenvalue weighted by atomic mass is 10.1. The van der Waals surface area contributed by atoms with Gasteiger partial charge in [-0.3, -0.25) is 4.79 Å². The average molecular weight is 343 g/mol. The highest BCUT2D eigenvalue weighted by molar-refractivity contribution is 5.93. The standard InChI is InChI=1S/C20H25NO4/c1-5-25-20(24)19-14(3)17(10-11-18(22)23)21(15(19)4)12-16-9-7-6-8-13(16)2/h6-9H,5,10-12H2,1-4H3,(H,22,23). The summed E-state index contributed by atoms with van der Waals surface area (Å²) >= 11 is 0. The van der Waals surface area contributed by atoms with Gasteiger partial charge in [-0.2, -0.15) is 0 Å². The van der Waals surface area contributed by atoms with Crippen molar-refractivity contribution in [1.82, 2.24) is 4.57 Å². The normalized spacial score (nSPS) is 10.7. The number of carboxylic acid groups (broad SMARTS) is 1. The number of carbonyl (C=O) groups excluding carboxylic acids is 1. The van der Waals surface area contributed by atoms with E-state index in [-0.39, 0.29) is 12.4 Å². The molecule has 134 valence electrons. The SMILES string of the molecule is CCOC(=O)c1c(C)c(CCC(=O)O)n(Cc2ccccc2C)c1C. The Morgan fingerprint density at radius 2 is 1.84 bits per heavy atom. The third-order valence-electron chi connectivity index (χ3n) is 4.55. The van der Waals surface area contributed by atoms with E-state index in [0.29, 0.717) is 25.1 Å². The fourth-order valence-corrected chi connectivity index (χ4v) is 3.18. The van der Waals surface area contributed by atoms with Crippen molar-refractivity contribution in [3.8, 4) is 0 Å². The Kier molecular flexibility index (Phi) is 6.02. The molecule has 1 heterocycles. The monoisotopic (exact) mass is 343 g/mol. The van der Waals surface area contributed by atoms with Crippen LogP contribution in [0.5, 0.6) is 0 Å². The van der Waals surface area contributed by atoms with E-state index in [2.05, 4.69) is 6.07 Å². The summed E-state index contributed by atoms with van der Waals surface area (Å²) in [6.07, 6.45) is 0.410. The summed E-state index contributed by atoms with van der Waals surface area (Å²) in [6, 6.07) is 8.07. The molecule has 0 unspecified atom stereocenters. The van der Waals surface area contributed by atoms with Gasteiger partial charge in [0.1, 0.15) is 0 Å². The van der Waals surface area contributed by atoms with Gasteiger partial charge in [-0.1, -0.05) is 24.3 Å². The van der Waals surface area contributed by atoms with Gasteiger partial charge >= 0.3 is 11.9 Å². The zero-order valence-electron chi connectivity index (χ0n) is 15.3. The zero-order valence-corrected chi connectivity index (χ0v) is 15.3. The molecule has 2 aromatic rings. The van der Waals surface area contributed by atoms with Crippen LogP contribution in [0.1, 0.15) is 51.8 Å². The van der Waals surface area contributed by atoms with E-state index >= 15 is 0 Å². The van der Waals surface area contributed by atoms with E-state index in [9.17, 15) is 9.59 Å². The Morgan fingerprint density at radius 3 is 2.44 bits per heavy atom. The molecule has 0 saturated heterocycles. The van der Waals surface area contributed by atoms with Crippen molar-refractivity contribution in [3.05, 3.63) is 57.9 Å². The molecule has 0 aliphatic rings. The summed E-state index contributed by atoms with van der Waals surface area (Å²) in [5.41, 5.74) is 5.37. The van der Waals surface area contributed by atoms with Crippen LogP contribution in [-0.4, -0.2) is 28.2 Å². The van der Waals surface area contributed by atoms with Crippen molar-refractivity contribution in [3.63, 3.8) is 0 Å². The molecule has 0 aliphatic carbocycles. The first kappa shape index (κ1) is 18.8. The lowest BCUT2D eigenvalue weighted by Gasteiger charge is -2.14. The summed E-state index contributed by atoms with van der Waals surface area (Å²) in [5, 5.41) is 9.06. The Hall–Kier alpha value is -2.56. The van der Waals surface area contributed by atoms with Crippen molar-refractivity contribution in [2.45, 2.75) is 47.1 Å². The molecule has 1 aromatic carbocycles. The minimum Gasteiger partial charge on any atom is -0.481 e. The smallest absolute Gasteiger partial charge is 0.340 e. The van der Waals surface area contributed by atoms with Gasteiger partial charge in [0, 0.05) is 17.9 Å². The van der Waals surface area contributed by atoms with E-state index < -0.39 is 5.97 Å². The molecule has 0 saturated carbocycles. The first-order valence-corrected chi connectivity index (χ1v) is 8.48. The minimum atomic E-state index is -0.849. The maximum atomic E-state index is 12.4. The number of aromatic nitrogens is 1. The number of aliphatic carboxylic acids is 1. The fraction of sp³-hybridized carbons (Fsp3) is 0.400. The highest BCUT2D eigenvalue weighted by Gasteiger charge is 2.24. The van der Waals surface area contributed by atoms with Crippen LogP contribution in [0.2, 0.25) is 0 Å². The van der Waals surface area contributed by atoms with Gasteiger partial charge < -0.3 is 14.4 Å². The van der Waals surface area contributed by atoms with E-state index in [1.165, 1.54) is 0 Å². The Morgan fingerprint density at radius 1 is 1.16 bits per heavy atom. The van der Waals surface area contributed by atoms with Gasteiger partial charge in [0.2, 0.25) is 0 Å². The Bertz CT molecular complexity index is 789. The van der Waals surface area contributed by atoms with Gasteiger partial charge in [-0.25, -0.2) is 4.79 Å². The fourth-order valence-electron chi connectivity index (χ4n) is 3.18. The molecule has 1 N–H and O–H groups in total. The van der Waals surface area contributed by atoms with Crippen LogP contribution < -0.4 is 0 Å². The molecule has 0 amide bonds. The number of carbonyl (C=O) groups is 2. The number of benzene rings is 1. The first-order chi connectivity index (χ1) is 11.9. The minimum absolute atomic E-state index is 0.0281. The largest absolute Gasteiger partial charge is 0.481 e. The van der Waals surface area contributed by atoms with Crippen LogP contribution in [-0.2, 0) is 22.5 Å². The third-order valence-corrected chi connectivity index (χ3v) is 4.55. The van der Waals surface area contributed by atoms with Crippen LogP contribution in [0, 0.1) is 20.8 Å². The number of hydrogen-bond donors (Lipinski definition) is 1. The van der Waals surface area contributed by atoms with Crippen molar-refractivity contribution in [2.75, 3.05) is 6.61 Å². The molecule has 25 heavy (non-hydrogen) atoms. The highest BCUT2D eigenvalue weighted by atomic mass is 16.5. The Balaban J connectivity index is 2.51. The number of rotatable bonds is 7. The van der Waals surface area contributed by atoms with Gasteiger partial charge in [0.15, 0.2) is 0 Å². The highest BCUT2D eigenvalue weighted by Crippen LogP contribution is 2.26. The van der Waals surface area contributed by atoms with Gasteiger partial charge in [-0.05, 0) is 50.8 Å². The third kappa shape index (κ3) is 4.10. The van der Waals surface area contributed by atoms with Gasteiger partial charge in [0.25, 0.3) is 0 Å². The number of carboxylic acids is 1. The molecule has 0 spiro atoms. The quantitative estimate of drug-likeness (QED) is 0.779. The summed E-state index contributed by atoms with van der Waals surface area (Å²) in [5.74, 6) is -1.20. The van der Waals surface area contributed by atoms with Crippen LogP contribution in [0.15, 0.2) is 24.3 Å². The van der Waals surface area contributed by atoms with Crippen molar-refractivity contribution < 1.29 is 19.4 Å². The predicted molar refractivity (Wildman–Crippen MR) is 96.1 cm³/mol. The molecule has 0 bridgehead atoms. The molecular formula is C20H25NO4. The van der Waals surface area contributed by atoms with Crippen molar-refractivity contribution in [2.24, 2.45) is 0 Å². The zero-order chi connectivity index (χ0) is 18.6. The van der Waals surface area contributed by atoms with Gasteiger partial charge in [0.05, 0.1) is 18.6 Å². The summed E-state index contributed by atoms with van der Waals surface area (Å²) in [6.45, 7) is 8.49. The van der Waals surface area contributed by atoms with Crippen molar-refractivity contribution >= 4 is 11.9 Å². The molecule has 0 atom stereocenters. The van der Waals surface area contributed by atoms with Gasteiger partial charge in [-0.15, -0.1) is 0 Å². The Labute approximate surface area is 148 Å². The predicted octanol–water partition coefficient (Wildman–Crippen LogP) is 3.66. The topological polar surface area (TPSA) is 68.5 Å². The first-order valence-electron chi connectivity index (χ1n) is 8.48. The summed E-state index contributed by atoms with van der Waals surface area (Å²) in [4.78, 5) is 23.4. The molecule has 1 aromatic heterocycles. The van der Waals surface area contributed by atoms with E-state index in [4.69, 9.17) is 9.84 Å². The van der Waals surface area contributed by atoms with E-state index in [1.54, 1.807) is 6.92 Å². The van der Waals surface area contributed by atoms with Crippen LogP contribution >= 0.6 is 0 Å². The second-order valence-electron chi connectivity index (χ2n) is 6.16. The van der Waals surface area contributed by atoms with Crippen molar-refractivity contribution in [1.29, 1.82) is 0 Å². The number of ether oxygens (including phenoxy) is 1. The van der Waals surface area contributed by atoms with Crippen LogP contribution in [0.4, 0.5) is 0 Å².